The Bertz CT molecular complexity index is 2360. The molecule has 0 aliphatic heterocycles. The van der Waals surface area contributed by atoms with E-state index in [1.165, 1.54) is 0 Å². The predicted molar refractivity (Wildman–Crippen MR) is 192 cm³/mol. The fraction of sp³-hybridized carbons (Fsp3) is 0.0513. The third-order valence-electron chi connectivity index (χ3n) is 8.09. The summed E-state index contributed by atoms with van der Waals surface area (Å²) in [5.74, 6) is 0. The summed E-state index contributed by atoms with van der Waals surface area (Å²) in [7, 11) is 0. The first kappa shape index (κ1) is 27.1. The van der Waals surface area contributed by atoms with Crippen LogP contribution in [-0.4, -0.2) is 4.57 Å². The highest BCUT2D eigenvalue weighted by molar-refractivity contribution is 7.23. The molecule has 2 nitrogen and oxygen atoms in total. The van der Waals surface area contributed by atoms with E-state index in [0.29, 0.717) is 0 Å². The number of hydrogen-bond donors (Lipinski definition) is 0. The molecule has 7 rings (SSSR count). The van der Waals surface area contributed by atoms with Crippen molar-refractivity contribution in [3.63, 3.8) is 0 Å². The summed E-state index contributed by atoms with van der Waals surface area (Å²) in [5, 5.41) is 6.58. The molecule has 0 aliphatic rings. The van der Waals surface area contributed by atoms with E-state index >= 15 is 0 Å². The third kappa shape index (κ3) is 4.25. The lowest BCUT2D eigenvalue weighted by Crippen LogP contribution is -2.17. The topological polar surface area (TPSA) is 22.0 Å². The van der Waals surface area contributed by atoms with Crippen LogP contribution in [0.2, 0.25) is 0 Å². The quantitative estimate of drug-likeness (QED) is 0.139. The summed E-state index contributed by atoms with van der Waals surface area (Å²) >= 11 is 3.23. The standard InChI is InChI=1S/C39H29NOS2/c1-5-14-24(6-2)35-22-33-34-23-36(25-15-10-9-11-16-25)43-39(34)40(38(41)37(33)42-35)26-19-20-31-30-18-13-12-17-29(30)27(7-3)28(8-4)32(31)21-26/h5-23H,3-4H2,1-2H3/b14-5-,24-6+. The molecule has 0 spiro atoms. The zero-order valence-electron chi connectivity index (χ0n) is 24.1. The van der Waals surface area contributed by atoms with E-state index in [9.17, 15) is 4.79 Å². The van der Waals surface area contributed by atoms with Crippen LogP contribution in [-0.2, 0) is 0 Å². The van der Waals surface area contributed by atoms with Crippen LogP contribution in [0, 0.1) is 0 Å². The number of benzene rings is 4. The largest absolute Gasteiger partial charge is 0.274 e. The van der Waals surface area contributed by atoms with Crippen LogP contribution in [0.1, 0.15) is 29.9 Å². The highest BCUT2D eigenvalue weighted by Gasteiger charge is 2.20. The van der Waals surface area contributed by atoms with Crippen LogP contribution in [0.3, 0.4) is 0 Å². The molecule has 0 saturated heterocycles. The Balaban J connectivity index is 1.59. The number of rotatable bonds is 6. The van der Waals surface area contributed by atoms with Gasteiger partial charge in [0.2, 0.25) is 0 Å². The normalized spacial score (nSPS) is 12.3. The molecular formula is C39H29NOS2. The van der Waals surface area contributed by atoms with Crippen LogP contribution in [0.15, 0.2) is 121 Å². The number of pyridine rings is 1. The van der Waals surface area contributed by atoms with Gasteiger partial charge in [0.25, 0.3) is 5.56 Å². The predicted octanol–water partition coefficient (Wildman–Crippen LogP) is 11.5. The van der Waals surface area contributed by atoms with E-state index in [1.807, 2.05) is 42.7 Å². The van der Waals surface area contributed by atoms with Crippen LogP contribution in [0.5, 0.6) is 0 Å². The Hall–Kier alpha value is -4.77. The maximum absolute atomic E-state index is 14.5. The van der Waals surface area contributed by atoms with Gasteiger partial charge in [-0.2, -0.15) is 0 Å². The molecule has 0 aliphatic carbocycles. The number of aromatic nitrogens is 1. The van der Waals surface area contributed by atoms with Gasteiger partial charge in [-0.15, -0.1) is 22.7 Å². The first-order valence-electron chi connectivity index (χ1n) is 14.3. The SMILES string of the molecule is C=Cc1c(C=C)c2cc(-n3c(=O)c4sc(C(/C=C\C)=C/C)cc4c4cc(-c5ccccc5)sc43)ccc2c2ccccc12. The van der Waals surface area contributed by atoms with Gasteiger partial charge in [0.05, 0.1) is 5.69 Å². The van der Waals surface area contributed by atoms with Crippen LogP contribution < -0.4 is 5.56 Å². The zero-order chi connectivity index (χ0) is 29.7. The molecular weight excluding hydrogens is 563 g/mol. The molecule has 4 aromatic carbocycles. The van der Waals surface area contributed by atoms with Crippen molar-refractivity contribution in [2.24, 2.45) is 0 Å². The summed E-state index contributed by atoms with van der Waals surface area (Å²) in [5.41, 5.74) is 5.18. The van der Waals surface area contributed by atoms with Gasteiger partial charge < -0.3 is 0 Å². The summed E-state index contributed by atoms with van der Waals surface area (Å²) in [6.45, 7) is 12.3. The number of thiophene rings is 2. The second kappa shape index (κ2) is 10.8. The molecule has 0 atom stereocenters. The van der Waals surface area contributed by atoms with Crippen molar-refractivity contribution in [1.82, 2.24) is 4.57 Å². The lowest BCUT2D eigenvalue weighted by Gasteiger charge is -2.15. The molecule has 7 aromatic rings. The smallest absolute Gasteiger partial charge is 0.267 e. The van der Waals surface area contributed by atoms with Gasteiger partial charge in [-0.25, -0.2) is 0 Å². The molecule has 4 heteroatoms. The zero-order valence-corrected chi connectivity index (χ0v) is 25.7. The van der Waals surface area contributed by atoms with E-state index < -0.39 is 0 Å². The van der Waals surface area contributed by atoms with Crippen molar-refractivity contribution in [1.29, 1.82) is 0 Å². The van der Waals surface area contributed by atoms with Crippen molar-refractivity contribution < 1.29 is 0 Å². The van der Waals surface area contributed by atoms with E-state index in [2.05, 4.69) is 104 Å². The van der Waals surface area contributed by atoms with Gasteiger partial charge in [0, 0.05) is 20.5 Å². The van der Waals surface area contributed by atoms with E-state index in [1.54, 1.807) is 22.7 Å². The van der Waals surface area contributed by atoms with Gasteiger partial charge in [0.1, 0.15) is 9.53 Å². The average molecular weight is 592 g/mol. The minimum atomic E-state index is 0.000351. The molecule has 208 valence electrons. The molecule has 0 unspecified atom stereocenters. The Labute approximate surface area is 258 Å². The molecule has 0 fully saturated rings. The number of allylic oxidation sites excluding steroid dienone is 4. The van der Waals surface area contributed by atoms with Gasteiger partial charge >= 0.3 is 0 Å². The maximum Gasteiger partial charge on any atom is 0.274 e. The Morgan fingerprint density at radius 3 is 2.14 bits per heavy atom. The minimum absolute atomic E-state index is 0.000351. The van der Waals surface area contributed by atoms with E-state index in [4.69, 9.17) is 0 Å². The lowest BCUT2D eigenvalue weighted by atomic mass is 9.91. The fourth-order valence-electron chi connectivity index (χ4n) is 6.12. The highest BCUT2D eigenvalue weighted by atomic mass is 32.1. The second-order valence-electron chi connectivity index (χ2n) is 10.4. The molecule has 3 aromatic heterocycles. The van der Waals surface area contributed by atoms with Crippen LogP contribution in [0.25, 0.3) is 75.7 Å². The number of fused-ring (bicyclic) bond motifs is 6. The summed E-state index contributed by atoms with van der Waals surface area (Å²) in [6, 6.07) is 29.6. The molecule has 0 saturated carbocycles. The highest BCUT2D eigenvalue weighted by Crippen LogP contribution is 2.42. The molecule has 0 amide bonds. The minimum Gasteiger partial charge on any atom is -0.267 e. The summed E-state index contributed by atoms with van der Waals surface area (Å²) in [6.07, 6.45) is 10.1. The average Bonchev–Trinajstić information content (AvgIpc) is 3.69. The maximum atomic E-state index is 14.5. The molecule has 3 heterocycles. The van der Waals surface area contributed by atoms with Crippen LogP contribution in [0.4, 0.5) is 0 Å². The number of nitrogens with zero attached hydrogens (tertiary/aromatic N) is 1. The fourth-order valence-corrected chi connectivity index (χ4v) is 8.47. The third-order valence-corrected chi connectivity index (χ3v) is 10.4. The monoisotopic (exact) mass is 591 g/mol. The van der Waals surface area contributed by atoms with Gasteiger partial charge in [-0.05, 0) is 81.9 Å². The Morgan fingerprint density at radius 1 is 0.721 bits per heavy atom. The first-order valence-corrected chi connectivity index (χ1v) is 15.9. The molecule has 0 radical (unpaired) electrons. The van der Waals surface area contributed by atoms with Gasteiger partial charge in [-0.3, -0.25) is 9.36 Å². The van der Waals surface area contributed by atoms with Gasteiger partial charge in [-0.1, -0.05) is 104 Å². The van der Waals surface area contributed by atoms with Crippen molar-refractivity contribution >= 4 is 82.2 Å². The van der Waals surface area contributed by atoms with Crippen LogP contribution >= 0.6 is 22.7 Å². The molecule has 0 bridgehead atoms. The summed E-state index contributed by atoms with van der Waals surface area (Å²) < 4.78 is 2.67. The Kier molecular flexibility index (Phi) is 6.81. The van der Waals surface area contributed by atoms with Gasteiger partial charge in [0.15, 0.2) is 0 Å². The first-order chi connectivity index (χ1) is 21.1. The van der Waals surface area contributed by atoms with E-state index in [-0.39, 0.29) is 5.56 Å². The summed E-state index contributed by atoms with van der Waals surface area (Å²) in [4.78, 5) is 17.7. The van der Waals surface area contributed by atoms with E-state index in [0.717, 1.165) is 79.6 Å². The molecule has 43 heavy (non-hydrogen) atoms. The van der Waals surface area contributed by atoms with Crippen molar-refractivity contribution in [2.45, 2.75) is 13.8 Å². The lowest BCUT2D eigenvalue weighted by molar-refractivity contribution is 1.08. The van der Waals surface area contributed by atoms with Crippen molar-refractivity contribution in [2.75, 3.05) is 0 Å². The van der Waals surface area contributed by atoms with Crippen molar-refractivity contribution in [3.8, 4) is 16.1 Å². The second-order valence-corrected chi connectivity index (χ2v) is 12.5. The van der Waals surface area contributed by atoms with Crippen molar-refractivity contribution in [3.05, 3.63) is 143 Å². The number of hydrogen-bond acceptors (Lipinski definition) is 3. The molecule has 0 N–H and O–H groups in total. The Morgan fingerprint density at radius 2 is 1.42 bits per heavy atom.